The van der Waals surface area contributed by atoms with E-state index in [9.17, 15) is 0 Å². The van der Waals surface area contributed by atoms with Gasteiger partial charge in [-0.2, -0.15) is 9.97 Å². The molecular formula is C19H30ClN7O. The number of halogens is 1. The van der Waals surface area contributed by atoms with Gasteiger partial charge in [0, 0.05) is 45.3 Å². The van der Waals surface area contributed by atoms with Crippen LogP contribution in [0.5, 0.6) is 0 Å². The number of imidazole rings is 1. The number of hydrogen-bond acceptors (Lipinski definition) is 7. The van der Waals surface area contributed by atoms with Crippen molar-refractivity contribution in [2.45, 2.75) is 39.9 Å². The van der Waals surface area contributed by atoms with Crippen LogP contribution >= 0.6 is 11.6 Å². The Balaban J connectivity index is 1.67. The third-order valence-electron chi connectivity index (χ3n) is 5.71. The highest BCUT2D eigenvalue weighted by Gasteiger charge is 2.26. The van der Waals surface area contributed by atoms with Gasteiger partial charge >= 0.3 is 0 Å². The second-order valence-electron chi connectivity index (χ2n) is 7.90. The molecule has 1 N–H and O–H groups in total. The zero-order valence-electron chi connectivity index (χ0n) is 17.0. The van der Waals surface area contributed by atoms with E-state index in [2.05, 4.69) is 50.4 Å². The van der Waals surface area contributed by atoms with Crippen molar-refractivity contribution in [2.24, 2.45) is 5.92 Å². The molecule has 28 heavy (non-hydrogen) atoms. The molecule has 0 aliphatic carbocycles. The number of nitrogens with one attached hydrogen (secondary N) is 1. The number of nitrogens with zero attached hydrogens (tertiary/aromatic N) is 6. The average molecular weight is 408 g/mol. The second-order valence-corrected chi connectivity index (χ2v) is 8.24. The van der Waals surface area contributed by atoms with Gasteiger partial charge in [-0.15, -0.1) is 0 Å². The smallest absolute Gasteiger partial charge is 0.226 e. The van der Waals surface area contributed by atoms with Crippen molar-refractivity contribution in [1.82, 2.24) is 29.7 Å². The van der Waals surface area contributed by atoms with Gasteiger partial charge in [-0.05, 0) is 24.4 Å². The van der Waals surface area contributed by atoms with Gasteiger partial charge < -0.3 is 19.5 Å². The molecule has 1 atom stereocenters. The number of aryl methyl sites for hydroxylation is 1. The summed E-state index contributed by atoms with van der Waals surface area (Å²) in [7, 11) is 0. The van der Waals surface area contributed by atoms with E-state index >= 15 is 0 Å². The Labute approximate surface area is 171 Å². The van der Waals surface area contributed by atoms with Crippen LogP contribution in [0.4, 0.5) is 5.82 Å². The Hall–Kier alpha value is -1.48. The number of anilines is 1. The van der Waals surface area contributed by atoms with Crippen LogP contribution in [0.1, 0.15) is 26.6 Å². The summed E-state index contributed by atoms with van der Waals surface area (Å²) in [5, 5.41) is 3.90. The van der Waals surface area contributed by atoms with Gasteiger partial charge in [0.2, 0.25) is 5.28 Å². The van der Waals surface area contributed by atoms with Gasteiger partial charge in [-0.1, -0.05) is 13.8 Å². The van der Waals surface area contributed by atoms with Crippen LogP contribution < -0.4 is 10.2 Å². The minimum Gasteiger partial charge on any atom is -0.378 e. The van der Waals surface area contributed by atoms with Crippen molar-refractivity contribution in [2.75, 3.05) is 50.8 Å². The lowest BCUT2D eigenvalue weighted by Gasteiger charge is -2.35. The predicted octanol–water partition coefficient (Wildman–Crippen LogP) is 1.77. The third kappa shape index (κ3) is 3.96. The summed E-state index contributed by atoms with van der Waals surface area (Å²) in [4.78, 5) is 18.7. The third-order valence-corrected chi connectivity index (χ3v) is 5.88. The van der Waals surface area contributed by atoms with Gasteiger partial charge in [0.15, 0.2) is 17.0 Å². The fourth-order valence-corrected chi connectivity index (χ4v) is 4.25. The first kappa shape index (κ1) is 19.8. The Bertz CT molecular complexity index is 818. The number of rotatable bonds is 5. The van der Waals surface area contributed by atoms with E-state index in [-0.39, 0.29) is 5.28 Å². The lowest BCUT2D eigenvalue weighted by molar-refractivity contribution is 0.122. The maximum Gasteiger partial charge on any atom is 0.226 e. The van der Waals surface area contributed by atoms with Crippen molar-refractivity contribution in [3.63, 3.8) is 0 Å². The van der Waals surface area contributed by atoms with Crippen molar-refractivity contribution >= 4 is 28.6 Å². The fraction of sp³-hybridized carbons (Fsp3) is 0.737. The second kappa shape index (κ2) is 8.49. The molecule has 2 aromatic heterocycles. The number of fused-ring (bicyclic) bond motifs is 1. The van der Waals surface area contributed by atoms with Gasteiger partial charge in [-0.25, -0.2) is 4.98 Å². The van der Waals surface area contributed by atoms with Gasteiger partial charge in [0.25, 0.3) is 0 Å². The monoisotopic (exact) mass is 407 g/mol. The maximum absolute atomic E-state index is 6.29. The number of aromatic nitrogens is 4. The molecule has 4 heterocycles. The highest BCUT2D eigenvalue weighted by molar-refractivity contribution is 6.28. The Morgan fingerprint density at radius 1 is 1.18 bits per heavy atom. The van der Waals surface area contributed by atoms with Crippen LogP contribution in [-0.2, 0) is 17.8 Å². The van der Waals surface area contributed by atoms with Crippen LogP contribution in [-0.4, -0.2) is 76.4 Å². The Morgan fingerprint density at radius 2 is 1.96 bits per heavy atom. The SMILES string of the molecule is CCn1c(CN2CCN[C@@H](C(C)C)C2)nc2c(N3CCOCC3)nc(Cl)nc21. The summed E-state index contributed by atoms with van der Waals surface area (Å²) in [6, 6.07) is 0.520. The average Bonchev–Trinajstić information content (AvgIpc) is 3.04. The van der Waals surface area contributed by atoms with Crippen molar-refractivity contribution < 1.29 is 4.74 Å². The molecule has 0 unspecified atom stereocenters. The van der Waals surface area contributed by atoms with Crippen molar-refractivity contribution in [3.8, 4) is 0 Å². The van der Waals surface area contributed by atoms with Crippen LogP contribution in [0.25, 0.3) is 11.2 Å². The molecule has 0 aromatic carbocycles. The van der Waals surface area contributed by atoms with E-state index in [4.69, 9.17) is 21.3 Å². The zero-order valence-corrected chi connectivity index (χ0v) is 17.7. The van der Waals surface area contributed by atoms with E-state index < -0.39 is 0 Å². The summed E-state index contributed by atoms with van der Waals surface area (Å²) >= 11 is 6.29. The molecule has 0 saturated carbocycles. The number of ether oxygens (including phenoxy) is 1. The quantitative estimate of drug-likeness (QED) is 0.757. The van der Waals surface area contributed by atoms with Crippen LogP contribution in [0.3, 0.4) is 0 Å². The van der Waals surface area contributed by atoms with E-state index in [0.29, 0.717) is 25.2 Å². The molecule has 0 spiro atoms. The Kier molecular flexibility index (Phi) is 6.01. The number of piperazine rings is 1. The highest BCUT2D eigenvalue weighted by atomic mass is 35.5. The molecule has 9 heteroatoms. The molecule has 154 valence electrons. The highest BCUT2D eigenvalue weighted by Crippen LogP contribution is 2.27. The van der Waals surface area contributed by atoms with Crippen LogP contribution in [0, 0.1) is 5.92 Å². The van der Waals surface area contributed by atoms with E-state index in [1.165, 1.54) is 0 Å². The molecule has 2 aliphatic heterocycles. The molecule has 2 aromatic rings. The Morgan fingerprint density at radius 3 is 2.68 bits per heavy atom. The zero-order chi connectivity index (χ0) is 19.7. The molecule has 8 nitrogen and oxygen atoms in total. The van der Waals surface area contributed by atoms with Gasteiger partial charge in [0.05, 0.1) is 19.8 Å². The first-order valence-electron chi connectivity index (χ1n) is 10.3. The summed E-state index contributed by atoms with van der Waals surface area (Å²) in [5.74, 6) is 2.48. The van der Waals surface area contributed by atoms with Gasteiger partial charge in [-0.3, -0.25) is 4.90 Å². The molecule has 2 aliphatic rings. The normalized spacial score (nSPS) is 21.8. The molecular weight excluding hydrogens is 378 g/mol. The lowest BCUT2D eigenvalue weighted by atomic mass is 10.0. The largest absolute Gasteiger partial charge is 0.378 e. The first-order valence-corrected chi connectivity index (χ1v) is 10.7. The molecule has 2 fully saturated rings. The summed E-state index contributed by atoms with van der Waals surface area (Å²) in [5.41, 5.74) is 1.67. The maximum atomic E-state index is 6.29. The lowest BCUT2D eigenvalue weighted by Crippen LogP contribution is -2.52. The minimum atomic E-state index is 0.275. The van der Waals surface area contributed by atoms with Crippen molar-refractivity contribution in [1.29, 1.82) is 0 Å². The van der Waals surface area contributed by atoms with Gasteiger partial charge in [0.1, 0.15) is 5.82 Å². The van der Waals surface area contributed by atoms with E-state index in [1.54, 1.807) is 0 Å². The predicted molar refractivity (Wildman–Crippen MR) is 111 cm³/mol. The van der Waals surface area contributed by atoms with Crippen LogP contribution in [0.2, 0.25) is 5.28 Å². The molecule has 0 amide bonds. The number of hydrogen-bond donors (Lipinski definition) is 1. The molecule has 4 rings (SSSR count). The van der Waals surface area contributed by atoms with E-state index in [0.717, 1.165) is 68.6 Å². The standard InChI is InChI=1S/C19H30ClN7O/c1-4-27-15(12-25-6-5-21-14(11-25)13(2)3)22-16-17(23-19(20)24-18(16)27)26-7-9-28-10-8-26/h13-14,21H,4-12H2,1-3H3/t14-/m1/s1. The van der Waals surface area contributed by atoms with E-state index in [1.807, 2.05) is 0 Å². The molecule has 0 radical (unpaired) electrons. The summed E-state index contributed by atoms with van der Waals surface area (Å²) in [6.45, 7) is 14.4. The van der Waals surface area contributed by atoms with Crippen LogP contribution in [0.15, 0.2) is 0 Å². The first-order chi connectivity index (χ1) is 13.6. The summed E-state index contributed by atoms with van der Waals surface area (Å²) in [6.07, 6.45) is 0. The summed E-state index contributed by atoms with van der Waals surface area (Å²) < 4.78 is 7.67. The van der Waals surface area contributed by atoms with Crippen molar-refractivity contribution in [3.05, 3.63) is 11.1 Å². The number of morpholine rings is 1. The molecule has 0 bridgehead atoms. The topological polar surface area (TPSA) is 71.3 Å². The fourth-order valence-electron chi connectivity index (χ4n) is 4.09. The minimum absolute atomic E-state index is 0.275. The molecule has 2 saturated heterocycles.